The number of para-hydroxylation sites is 1. The van der Waals surface area contributed by atoms with Crippen LogP contribution in [0.3, 0.4) is 0 Å². The lowest BCUT2D eigenvalue weighted by Gasteiger charge is -2.05. The van der Waals surface area contributed by atoms with E-state index >= 15 is 0 Å². The van der Waals surface area contributed by atoms with Gasteiger partial charge in [0.1, 0.15) is 0 Å². The van der Waals surface area contributed by atoms with E-state index in [-0.39, 0.29) is 0 Å². The molecule has 23 heavy (non-hydrogen) atoms. The Kier molecular flexibility index (Phi) is 3.68. The molecule has 0 saturated carbocycles. The average Bonchev–Trinajstić information content (AvgIpc) is 2.96. The van der Waals surface area contributed by atoms with Crippen molar-refractivity contribution in [3.05, 3.63) is 57.8 Å². The standard InChI is InChI=1S/C19H19NO3/c1-10(2)16-17(19(22)23-18(16)21)11(3)9-15-12(4)13-7-5-6-8-14(13)20-15/h5-8,20H,9H2,1-4H3/b17-11+. The van der Waals surface area contributed by atoms with Gasteiger partial charge in [0.25, 0.3) is 0 Å². The van der Waals surface area contributed by atoms with Crippen LogP contribution in [0.15, 0.2) is 46.6 Å². The zero-order valence-corrected chi connectivity index (χ0v) is 13.7. The Morgan fingerprint density at radius 1 is 1.04 bits per heavy atom. The monoisotopic (exact) mass is 309 g/mol. The first-order valence-corrected chi connectivity index (χ1v) is 7.60. The lowest BCUT2D eigenvalue weighted by Crippen LogP contribution is -2.02. The van der Waals surface area contributed by atoms with E-state index in [1.807, 2.05) is 39.0 Å². The number of carbonyl (C=O) groups is 2. The summed E-state index contributed by atoms with van der Waals surface area (Å²) in [6, 6.07) is 8.10. The molecule has 0 radical (unpaired) electrons. The maximum atomic E-state index is 12.0. The number of H-pyrrole nitrogens is 1. The van der Waals surface area contributed by atoms with E-state index in [1.165, 1.54) is 5.39 Å². The molecule has 1 N–H and O–H groups in total. The number of fused-ring (bicyclic) bond motifs is 1. The van der Waals surface area contributed by atoms with Crippen LogP contribution in [0.5, 0.6) is 0 Å². The van der Waals surface area contributed by atoms with Gasteiger partial charge in [0.05, 0.1) is 11.1 Å². The number of rotatable bonds is 2. The third kappa shape index (κ3) is 2.50. The zero-order chi connectivity index (χ0) is 16.7. The van der Waals surface area contributed by atoms with Gasteiger partial charge in [-0.3, -0.25) is 0 Å². The molecule has 1 saturated heterocycles. The van der Waals surface area contributed by atoms with E-state index < -0.39 is 11.9 Å². The number of cyclic esters (lactones) is 2. The minimum absolute atomic E-state index is 0.404. The van der Waals surface area contributed by atoms with Crippen LogP contribution >= 0.6 is 0 Å². The normalized spacial score (nSPS) is 17.0. The fourth-order valence-electron chi connectivity index (χ4n) is 3.10. The lowest BCUT2D eigenvalue weighted by molar-refractivity contribution is -0.149. The van der Waals surface area contributed by atoms with Gasteiger partial charge in [-0.1, -0.05) is 29.3 Å². The minimum Gasteiger partial charge on any atom is -0.386 e. The van der Waals surface area contributed by atoms with Crippen LogP contribution in [0.2, 0.25) is 0 Å². The van der Waals surface area contributed by atoms with Gasteiger partial charge >= 0.3 is 11.9 Å². The van der Waals surface area contributed by atoms with E-state index in [9.17, 15) is 9.59 Å². The van der Waals surface area contributed by atoms with Crippen LogP contribution in [-0.4, -0.2) is 16.9 Å². The number of ether oxygens (including phenoxy) is 1. The van der Waals surface area contributed by atoms with E-state index in [0.29, 0.717) is 17.6 Å². The SMILES string of the molecule is CC(C)=C1C(=O)OC(=O)/C1=C(\C)Cc1[nH]c2ccccc2c1C. The van der Waals surface area contributed by atoms with Crippen LogP contribution in [0.1, 0.15) is 32.0 Å². The number of nitrogens with one attached hydrogen (secondary N) is 1. The first-order chi connectivity index (χ1) is 10.9. The van der Waals surface area contributed by atoms with Gasteiger partial charge in [-0.25, -0.2) is 9.59 Å². The van der Waals surface area contributed by atoms with E-state index in [4.69, 9.17) is 4.74 Å². The van der Waals surface area contributed by atoms with E-state index in [2.05, 4.69) is 18.0 Å². The highest BCUT2D eigenvalue weighted by molar-refractivity contribution is 6.18. The predicted octanol–water partition coefficient (Wildman–Crippen LogP) is 3.76. The van der Waals surface area contributed by atoms with Gasteiger partial charge in [-0.15, -0.1) is 0 Å². The molecule has 4 heteroatoms. The Labute approximate surface area is 134 Å². The van der Waals surface area contributed by atoms with Crippen molar-refractivity contribution >= 4 is 22.8 Å². The number of hydrogen-bond donors (Lipinski definition) is 1. The first-order valence-electron chi connectivity index (χ1n) is 7.60. The number of benzene rings is 1. The van der Waals surface area contributed by atoms with E-state index in [1.54, 1.807) is 0 Å². The summed E-state index contributed by atoms with van der Waals surface area (Å²) < 4.78 is 4.79. The van der Waals surface area contributed by atoms with Crippen LogP contribution in [0.4, 0.5) is 0 Å². The molecule has 0 bridgehead atoms. The molecule has 1 aliphatic heterocycles. The molecule has 0 spiro atoms. The van der Waals surface area contributed by atoms with Gasteiger partial charge in [0.2, 0.25) is 0 Å². The summed E-state index contributed by atoms with van der Waals surface area (Å²) in [5.41, 5.74) is 5.74. The highest BCUT2D eigenvalue weighted by atomic mass is 16.6. The highest BCUT2D eigenvalue weighted by Gasteiger charge is 2.35. The van der Waals surface area contributed by atoms with Crippen molar-refractivity contribution in [2.45, 2.75) is 34.1 Å². The fourth-order valence-corrected chi connectivity index (χ4v) is 3.10. The first kappa shape index (κ1) is 15.3. The largest absolute Gasteiger partial charge is 0.386 e. The number of aryl methyl sites for hydroxylation is 1. The summed E-state index contributed by atoms with van der Waals surface area (Å²) in [6.45, 7) is 7.57. The summed E-state index contributed by atoms with van der Waals surface area (Å²) in [5, 5.41) is 1.17. The van der Waals surface area contributed by atoms with Gasteiger partial charge in [0, 0.05) is 23.0 Å². The molecule has 0 aliphatic carbocycles. The molecule has 1 aromatic heterocycles. The van der Waals surface area contributed by atoms with Crippen molar-refractivity contribution in [3.8, 4) is 0 Å². The maximum Gasteiger partial charge on any atom is 0.346 e. The van der Waals surface area contributed by atoms with Gasteiger partial charge in [-0.05, 0) is 39.3 Å². The average molecular weight is 309 g/mol. The van der Waals surface area contributed by atoms with Crippen molar-refractivity contribution in [2.24, 2.45) is 0 Å². The summed E-state index contributed by atoms with van der Waals surface area (Å²) in [5.74, 6) is -1.09. The van der Waals surface area contributed by atoms with Crippen LogP contribution < -0.4 is 0 Å². The van der Waals surface area contributed by atoms with Gasteiger partial charge in [-0.2, -0.15) is 0 Å². The Balaban J connectivity index is 2.07. The number of hydrogen-bond acceptors (Lipinski definition) is 3. The molecule has 0 amide bonds. The molecule has 3 rings (SSSR count). The van der Waals surface area contributed by atoms with Crippen LogP contribution in [0.25, 0.3) is 10.9 Å². The summed E-state index contributed by atoms with van der Waals surface area (Å²) in [6.07, 6.45) is 0.578. The molecule has 2 heterocycles. The predicted molar refractivity (Wildman–Crippen MR) is 88.9 cm³/mol. The molecule has 1 fully saturated rings. The molecule has 4 nitrogen and oxygen atoms in total. The van der Waals surface area contributed by atoms with Crippen molar-refractivity contribution in [1.82, 2.24) is 4.98 Å². The number of allylic oxidation sites excluding steroid dienone is 2. The molecule has 1 aromatic carbocycles. The second-order valence-corrected chi connectivity index (χ2v) is 6.16. The smallest absolute Gasteiger partial charge is 0.346 e. The second kappa shape index (κ2) is 5.54. The second-order valence-electron chi connectivity index (χ2n) is 6.16. The molecular weight excluding hydrogens is 290 g/mol. The zero-order valence-electron chi connectivity index (χ0n) is 13.7. The molecule has 0 unspecified atom stereocenters. The molecule has 2 aromatic rings. The number of aromatic amines is 1. The van der Waals surface area contributed by atoms with Gasteiger partial charge < -0.3 is 9.72 Å². The Hall–Kier alpha value is -2.62. The number of carbonyl (C=O) groups excluding carboxylic acids is 2. The van der Waals surface area contributed by atoms with Crippen molar-refractivity contribution in [3.63, 3.8) is 0 Å². The topological polar surface area (TPSA) is 59.2 Å². The third-order valence-corrected chi connectivity index (χ3v) is 4.28. The Bertz CT molecular complexity index is 892. The summed E-state index contributed by atoms with van der Waals surface area (Å²) >= 11 is 0. The van der Waals surface area contributed by atoms with Gasteiger partial charge in [0.15, 0.2) is 0 Å². The third-order valence-electron chi connectivity index (χ3n) is 4.28. The van der Waals surface area contributed by atoms with Crippen molar-refractivity contribution < 1.29 is 14.3 Å². The number of aromatic nitrogens is 1. The quantitative estimate of drug-likeness (QED) is 0.522. The van der Waals surface area contributed by atoms with E-state index in [0.717, 1.165) is 27.9 Å². The number of esters is 2. The minimum atomic E-state index is -0.544. The molecule has 1 aliphatic rings. The lowest BCUT2D eigenvalue weighted by atomic mass is 9.96. The Morgan fingerprint density at radius 3 is 2.35 bits per heavy atom. The molecular formula is C19H19NO3. The Morgan fingerprint density at radius 2 is 1.70 bits per heavy atom. The molecule has 118 valence electrons. The van der Waals surface area contributed by atoms with Crippen molar-refractivity contribution in [1.29, 1.82) is 0 Å². The van der Waals surface area contributed by atoms with Crippen LogP contribution in [-0.2, 0) is 20.7 Å². The van der Waals surface area contributed by atoms with Crippen LogP contribution in [0, 0.1) is 6.92 Å². The van der Waals surface area contributed by atoms with Crippen molar-refractivity contribution in [2.75, 3.05) is 0 Å². The maximum absolute atomic E-state index is 12.0. The molecule has 0 atom stereocenters. The highest BCUT2D eigenvalue weighted by Crippen LogP contribution is 2.30. The fraction of sp³-hybridized carbons (Fsp3) is 0.263. The summed E-state index contributed by atoms with van der Waals surface area (Å²) in [4.78, 5) is 27.3. The summed E-state index contributed by atoms with van der Waals surface area (Å²) in [7, 11) is 0.